The Labute approximate surface area is 193 Å². The van der Waals surface area contributed by atoms with Crippen molar-refractivity contribution in [1.29, 1.82) is 0 Å². The molecule has 0 aromatic carbocycles. The lowest BCUT2D eigenvalue weighted by molar-refractivity contribution is 0.186. The monoisotopic (exact) mass is 422 g/mol. The zero-order valence-corrected chi connectivity index (χ0v) is 22.3. The summed E-state index contributed by atoms with van der Waals surface area (Å²) in [5.41, 5.74) is 0. The Morgan fingerprint density at radius 1 is 0.400 bits per heavy atom. The van der Waals surface area contributed by atoms with E-state index in [1.54, 1.807) is 0 Å². The molecular formula is C30H62. The van der Waals surface area contributed by atoms with E-state index >= 15 is 0 Å². The van der Waals surface area contributed by atoms with Crippen LogP contribution in [0.2, 0.25) is 0 Å². The molecule has 0 saturated carbocycles. The first-order chi connectivity index (χ1) is 14.7. The van der Waals surface area contributed by atoms with Crippen LogP contribution in [0.3, 0.4) is 0 Å². The van der Waals surface area contributed by atoms with Crippen molar-refractivity contribution in [3.8, 4) is 0 Å². The quantitative estimate of drug-likeness (QED) is 0.136. The molecule has 0 N–H and O–H groups in total. The van der Waals surface area contributed by atoms with Crippen LogP contribution in [0.25, 0.3) is 0 Å². The zero-order valence-electron chi connectivity index (χ0n) is 22.3. The van der Waals surface area contributed by atoms with Crippen LogP contribution in [-0.2, 0) is 0 Å². The van der Waals surface area contributed by atoms with Crippen molar-refractivity contribution in [3.05, 3.63) is 0 Å². The van der Waals surface area contributed by atoms with E-state index in [0.717, 1.165) is 17.8 Å². The molecule has 0 spiro atoms. The van der Waals surface area contributed by atoms with Crippen LogP contribution in [-0.4, -0.2) is 0 Å². The Bertz CT molecular complexity index is 307. The highest BCUT2D eigenvalue weighted by Crippen LogP contribution is 2.35. The van der Waals surface area contributed by atoms with E-state index in [4.69, 9.17) is 0 Å². The Morgan fingerprint density at radius 3 is 1.20 bits per heavy atom. The topological polar surface area (TPSA) is 0 Å². The van der Waals surface area contributed by atoms with Gasteiger partial charge in [0.1, 0.15) is 0 Å². The highest BCUT2D eigenvalue weighted by atomic mass is 14.3. The van der Waals surface area contributed by atoms with Gasteiger partial charge in [-0.05, 0) is 24.2 Å². The van der Waals surface area contributed by atoms with Gasteiger partial charge in [-0.3, -0.25) is 0 Å². The number of rotatable bonds is 24. The zero-order chi connectivity index (χ0) is 22.3. The molecular weight excluding hydrogens is 360 g/mol. The molecule has 182 valence electrons. The summed E-state index contributed by atoms with van der Waals surface area (Å²) in [5.74, 6) is 2.92. The van der Waals surface area contributed by atoms with Gasteiger partial charge in [0, 0.05) is 0 Å². The molecule has 0 bridgehead atoms. The van der Waals surface area contributed by atoms with Crippen molar-refractivity contribution in [2.75, 3.05) is 0 Å². The van der Waals surface area contributed by atoms with Crippen LogP contribution < -0.4 is 0 Å². The fraction of sp³-hybridized carbons (Fsp3) is 1.00. The molecule has 0 amide bonds. The van der Waals surface area contributed by atoms with Gasteiger partial charge >= 0.3 is 0 Å². The van der Waals surface area contributed by atoms with Crippen molar-refractivity contribution in [1.82, 2.24) is 0 Å². The highest BCUT2D eigenvalue weighted by Gasteiger charge is 2.24. The van der Waals surface area contributed by atoms with Gasteiger partial charge < -0.3 is 0 Å². The van der Waals surface area contributed by atoms with E-state index in [0.29, 0.717) is 0 Å². The molecule has 0 saturated heterocycles. The minimum Gasteiger partial charge on any atom is -0.0654 e. The van der Waals surface area contributed by atoms with Gasteiger partial charge in [0.15, 0.2) is 0 Å². The van der Waals surface area contributed by atoms with Crippen molar-refractivity contribution in [3.63, 3.8) is 0 Å². The Hall–Kier alpha value is 0. The van der Waals surface area contributed by atoms with E-state index in [1.807, 2.05) is 0 Å². The average molecular weight is 423 g/mol. The first-order valence-corrected chi connectivity index (χ1v) is 14.7. The van der Waals surface area contributed by atoms with E-state index in [1.165, 1.54) is 141 Å². The molecule has 0 aliphatic rings. The largest absolute Gasteiger partial charge is 0.0654 e. The summed E-state index contributed by atoms with van der Waals surface area (Å²) < 4.78 is 0. The molecule has 0 fully saturated rings. The Morgan fingerprint density at radius 2 is 0.767 bits per heavy atom. The maximum atomic E-state index is 2.61. The molecule has 30 heavy (non-hydrogen) atoms. The minimum atomic E-state index is 0.942. The van der Waals surface area contributed by atoms with Crippen LogP contribution in [0.15, 0.2) is 0 Å². The van der Waals surface area contributed by atoms with Crippen LogP contribution in [0.1, 0.15) is 176 Å². The summed E-state index contributed by atoms with van der Waals surface area (Å²) in [6, 6.07) is 0. The number of unbranched alkanes of at least 4 members (excludes halogenated alkanes) is 15. The third-order valence-corrected chi connectivity index (χ3v) is 7.69. The molecule has 0 aliphatic heterocycles. The van der Waals surface area contributed by atoms with Crippen molar-refractivity contribution >= 4 is 0 Å². The normalized spacial score (nSPS) is 14.7. The van der Waals surface area contributed by atoms with Gasteiger partial charge in [-0.15, -0.1) is 0 Å². The molecule has 0 heterocycles. The van der Waals surface area contributed by atoms with Crippen LogP contribution in [0.5, 0.6) is 0 Å². The Kier molecular flexibility index (Phi) is 23.7. The Balaban J connectivity index is 4.41. The second-order valence-corrected chi connectivity index (χ2v) is 10.5. The average Bonchev–Trinajstić information content (AvgIpc) is 2.76. The fourth-order valence-corrected chi connectivity index (χ4v) is 5.51. The van der Waals surface area contributed by atoms with Crippen molar-refractivity contribution in [2.24, 2.45) is 17.8 Å². The highest BCUT2D eigenvalue weighted by molar-refractivity contribution is 4.75. The summed E-state index contributed by atoms with van der Waals surface area (Å²) in [4.78, 5) is 0. The fourth-order valence-electron chi connectivity index (χ4n) is 5.51. The van der Waals surface area contributed by atoms with Crippen LogP contribution >= 0.6 is 0 Å². The van der Waals surface area contributed by atoms with E-state index in [-0.39, 0.29) is 0 Å². The molecule has 0 nitrogen and oxygen atoms in total. The summed E-state index contributed by atoms with van der Waals surface area (Å²) in [5, 5.41) is 0. The summed E-state index contributed by atoms with van der Waals surface area (Å²) in [6.45, 7) is 12.1. The van der Waals surface area contributed by atoms with Crippen molar-refractivity contribution < 1.29 is 0 Å². The third kappa shape index (κ3) is 17.7. The van der Waals surface area contributed by atoms with E-state index in [9.17, 15) is 0 Å². The SMILES string of the molecule is CCCCCCCCC(C)C(CCCCCCCC)C(CC)CCCCCCCC. The molecule has 3 atom stereocenters. The molecule has 0 heteroatoms. The third-order valence-electron chi connectivity index (χ3n) is 7.69. The van der Waals surface area contributed by atoms with Gasteiger partial charge in [0.25, 0.3) is 0 Å². The lowest BCUT2D eigenvalue weighted by Crippen LogP contribution is -2.22. The number of hydrogen-bond donors (Lipinski definition) is 0. The molecule has 0 radical (unpaired) electrons. The standard InChI is InChI=1S/C30H62/c1-6-10-13-16-19-22-25-28(5)30(27-24-21-18-15-12-8-3)29(9-4)26-23-20-17-14-11-7-2/h28-30H,6-27H2,1-5H3. The van der Waals surface area contributed by atoms with Gasteiger partial charge in [-0.25, -0.2) is 0 Å². The predicted molar refractivity (Wildman–Crippen MR) is 140 cm³/mol. The van der Waals surface area contributed by atoms with Gasteiger partial charge in [-0.1, -0.05) is 169 Å². The maximum absolute atomic E-state index is 2.61. The van der Waals surface area contributed by atoms with Crippen LogP contribution in [0.4, 0.5) is 0 Å². The smallest absolute Gasteiger partial charge is 0.0360 e. The lowest BCUT2D eigenvalue weighted by Gasteiger charge is -2.32. The molecule has 0 aromatic heterocycles. The number of hydrogen-bond acceptors (Lipinski definition) is 0. The van der Waals surface area contributed by atoms with E-state index < -0.39 is 0 Å². The first kappa shape index (κ1) is 30.0. The molecule has 0 aromatic rings. The van der Waals surface area contributed by atoms with Gasteiger partial charge in [0.2, 0.25) is 0 Å². The van der Waals surface area contributed by atoms with Gasteiger partial charge in [0.05, 0.1) is 0 Å². The molecule has 0 aliphatic carbocycles. The predicted octanol–water partition coefficient (Wildman–Crippen LogP) is 11.5. The second-order valence-electron chi connectivity index (χ2n) is 10.5. The molecule has 0 rings (SSSR count). The van der Waals surface area contributed by atoms with Crippen molar-refractivity contribution in [2.45, 2.75) is 176 Å². The minimum absolute atomic E-state index is 0.942. The van der Waals surface area contributed by atoms with E-state index in [2.05, 4.69) is 34.6 Å². The first-order valence-electron chi connectivity index (χ1n) is 14.7. The lowest BCUT2D eigenvalue weighted by atomic mass is 9.74. The summed E-state index contributed by atoms with van der Waals surface area (Å²) in [6.07, 6.45) is 32.0. The van der Waals surface area contributed by atoms with Gasteiger partial charge in [-0.2, -0.15) is 0 Å². The summed E-state index contributed by atoms with van der Waals surface area (Å²) in [7, 11) is 0. The summed E-state index contributed by atoms with van der Waals surface area (Å²) >= 11 is 0. The molecule has 3 unspecified atom stereocenters. The second kappa shape index (κ2) is 23.7. The van der Waals surface area contributed by atoms with Crippen LogP contribution in [0, 0.1) is 17.8 Å². The maximum Gasteiger partial charge on any atom is -0.0360 e.